The molecule has 26 heavy (non-hydrogen) atoms. The Morgan fingerprint density at radius 3 is 1.42 bits per heavy atom. The van der Waals surface area contributed by atoms with Crippen LogP contribution in [0.5, 0.6) is 0 Å². The van der Waals surface area contributed by atoms with Gasteiger partial charge in [0.15, 0.2) is 5.41 Å². The van der Waals surface area contributed by atoms with Crippen LogP contribution in [0.25, 0.3) is 0 Å². The molecule has 1 heterocycles. The van der Waals surface area contributed by atoms with Crippen molar-refractivity contribution in [3.05, 3.63) is 0 Å². The zero-order chi connectivity index (χ0) is 18.9. The van der Waals surface area contributed by atoms with Gasteiger partial charge in [-0.25, -0.2) is 0 Å². The Morgan fingerprint density at radius 2 is 1.12 bits per heavy atom. The molecule has 0 aromatic heterocycles. The van der Waals surface area contributed by atoms with Crippen LogP contribution in [0.2, 0.25) is 0 Å². The number of carbonyl (C=O) groups is 2. The first kappa shape index (κ1) is 19.7. The van der Waals surface area contributed by atoms with E-state index in [2.05, 4.69) is 27.7 Å². The van der Waals surface area contributed by atoms with E-state index in [0.717, 1.165) is 51.4 Å². The van der Waals surface area contributed by atoms with Gasteiger partial charge in [-0.3, -0.25) is 9.59 Å². The fourth-order valence-corrected chi connectivity index (χ4v) is 5.72. The van der Waals surface area contributed by atoms with Crippen molar-refractivity contribution < 1.29 is 19.1 Å². The second-order valence-electron chi connectivity index (χ2n) is 9.74. The summed E-state index contributed by atoms with van der Waals surface area (Å²) in [4.78, 5) is 26.8. The van der Waals surface area contributed by atoms with E-state index in [-0.39, 0.29) is 35.6 Å². The maximum atomic E-state index is 13.4. The normalized spacial score (nSPS) is 26.5. The zero-order valence-corrected chi connectivity index (χ0v) is 17.0. The monoisotopic (exact) mass is 364 g/mol. The average Bonchev–Trinajstić information content (AvgIpc) is 3.24. The van der Waals surface area contributed by atoms with Crippen molar-refractivity contribution in [3.63, 3.8) is 0 Å². The van der Waals surface area contributed by atoms with Crippen molar-refractivity contribution in [2.45, 2.75) is 97.7 Å². The SMILES string of the molecule is CC(C)CC1(CC(C)C)C(=O)OC(C2CCCC2)(C2CCCC2)OC1=O. The highest BCUT2D eigenvalue weighted by atomic mass is 16.7. The van der Waals surface area contributed by atoms with E-state index in [1.54, 1.807) is 0 Å². The van der Waals surface area contributed by atoms with Gasteiger partial charge in [0.25, 0.3) is 5.79 Å². The minimum atomic E-state index is -1.12. The van der Waals surface area contributed by atoms with Crippen LogP contribution in [0.4, 0.5) is 0 Å². The van der Waals surface area contributed by atoms with Crippen LogP contribution < -0.4 is 0 Å². The molecule has 0 spiro atoms. The summed E-state index contributed by atoms with van der Waals surface area (Å²) >= 11 is 0. The van der Waals surface area contributed by atoms with Crippen molar-refractivity contribution >= 4 is 11.9 Å². The highest BCUT2D eigenvalue weighted by molar-refractivity contribution is 6.01. The average molecular weight is 365 g/mol. The molecular weight excluding hydrogens is 328 g/mol. The fourth-order valence-electron chi connectivity index (χ4n) is 5.72. The Hall–Kier alpha value is -1.06. The summed E-state index contributed by atoms with van der Waals surface area (Å²) in [6.45, 7) is 8.22. The van der Waals surface area contributed by atoms with Crippen LogP contribution in [-0.2, 0) is 19.1 Å². The number of hydrogen-bond acceptors (Lipinski definition) is 4. The van der Waals surface area contributed by atoms with Crippen molar-refractivity contribution in [2.24, 2.45) is 29.1 Å². The van der Waals surface area contributed by atoms with E-state index in [9.17, 15) is 9.59 Å². The van der Waals surface area contributed by atoms with Crippen LogP contribution in [0, 0.1) is 29.1 Å². The van der Waals surface area contributed by atoms with E-state index in [1.807, 2.05) is 0 Å². The van der Waals surface area contributed by atoms with Crippen molar-refractivity contribution in [1.29, 1.82) is 0 Å². The number of ether oxygens (including phenoxy) is 2. The summed E-state index contributed by atoms with van der Waals surface area (Å²) < 4.78 is 12.5. The van der Waals surface area contributed by atoms with Crippen LogP contribution in [0.1, 0.15) is 91.9 Å². The molecule has 4 heteroatoms. The molecule has 0 aromatic rings. The van der Waals surface area contributed by atoms with Gasteiger partial charge in [-0.1, -0.05) is 53.4 Å². The molecule has 2 aliphatic carbocycles. The summed E-state index contributed by atoms with van der Waals surface area (Å²) in [5.41, 5.74) is -1.12. The largest absolute Gasteiger partial charge is 0.421 e. The molecule has 148 valence electrons. The first-order valence-electron chi connectivity index (χ1n) is 10.8. The first-order chi connectivity index (χ1) is 12.3. The summed E-state index contributed by atoms with van der Waals surface area (Å²) in [6.07, 6.45) is 9.56. The lowest BCUT2D eigenvalue weighted by molar-refractivity contribution is -0.299. The molecule has 0 bridgehead atoms. The van der Waals surface area contributed by atoms with Crippen molar-refractivity contribution in [2.75, 3.05) is 0 Å². The van der Waals surface area contributed by atoms with Gasteiger partial charge in [-0.05, 0) is 50.4 Å². The van der Waals surface area contributed by atoms with E-state index in [0.29, 0.717) is 12.8 Å². The predicted molar refractivity (Wildman–Crippen MR) is 100 cm³/mol. The summed E-state index contributed by atoms with van der Waals surface area (Å²) in [6, 6.07) is 0. The molecule has 3 fully saturated rings. The van der Waals surface area contributed by atoms with Gasteiger partial charge in [0.2, 0.25) is 0 Å². The maximum Gasteiger partial charge on any atom is 0.326 e. The van der Waals surface area contributed by atoms with E-state index >= 15 is 0 Å². The van der Waals surface area contributed by atoms with Crippen LogP contribution in [-0.4, -0.2) is 17.7 Å². The topological polar surface area (TPSA) is 52.6 Å². The number of cyclic esters (lactones) is 2. The predicted octanol–water partition coefficient (Wildman–Crippen LogP) is 5.24. The molecule has 0 unspecified atom stereocenters. The van der Waals surface area contributed by atoms with Crippen molar-refractivity contribution in [1.82, 2.24) is 0 Å². The summed E-state index contributed by atoms with van der Waals surface area (Å²) in [7, 11) is 0. The lowest BCUT2D eigenvalue weighted by Crippen LogP contribution is -2.62. The molecule has 0 amide bonds. The molecule has 1 saturated heterocycles. The molecule has 0 radical (unpaired) electrons. The van der Waals surface area contributed by atoms with E-state index in [1.165, 1.54) is 0 Å². The zero-order valence-electron chi connectivity index (χ0n) is 17.0. The van der Waals surface area contributed by atoms with Gasteiger partial charge in [0.1, 0.15) is 0 Å². The van der Waals surface area contributed by atoms with Gasteiger partial charge in [-0.15, -0.1) is 0 Å². The molecule has 4 nitrogen and oxygen atoms in total. The lowest BCUT2D eigenvalue weighted by Gasteiger charge is -2.49. The third-order valence-corrected chi connectivity index (χ3v) is 6.65. The smallest absolute Gasteiger partial charge is 0.326 e. The Labute approximate surface area is 158 Å². The van der Waals surface area contributed by atoms with Gasteiger partial charge < -0.3 is 9.47 Å². The first-order valence-corrected chi connectivity index (χ1v) is 10.8. The highest BCUT2D eigenvalue weighted by Crippen LogP contribution is 2.53. The molecular formula is C22H36O4. The summed E-state index contributed by atoms with van der Waals surface area (Å²) in [5.74, 6) is -0.786. The Bertz CT molecular complexity index is 476. The molecule has 0 aromatic carbocycles. The second-order valence-corrected chi connectivity index (χ2v) is 9.74. The molecule has 3 aliphatic rings. The third kappa shape index (κ3) is 3.41. The Kier molecular flexibility index (Phi) is 5.69. The number of rotatable bonds is 6. The van der Waals surface area contributed by atoms with Crippen LogP contribution >= 0.6 is 0 Å². The molecule has 0 atom stereocenters. The molecule has 1 aliphatic heterocycles. The Balaban J connectivity index is 1.94. The van der Waals surface area contributed by atoms with Gasteiger partial charge in [0, 0.05) is 11.8 Å². The van der Waals surface area contributed by atoms with E-state index in [4.69, 9.17) is 9.47 Å². The fraction of sp³-hybridized carbons (Fsp3) is 0.909. The number of esters is 2. The van der Waals surface area contributed by atoms with Crippen molar-refractivity contribution in [3.8, 4) is 0 Å². The highest BCUT2D eigenvalue weighted by Gasteiger charge is 2.63. The van der Waals surface area contributed by atoms with Crippen LogP contribution in [0.3, 0.4) is 0 Å². The van der Waals surface area contributed by atoms with Gasteiger partial charge >= 0.3 is 11.9 Å². The molecule has 0 N–H and O–H groups in total. The van der Waals surface area contributed by atoms with Crippen LogP contribution in [0.15, 0.2) is 0 Å². The van der Waals surface area contributed by atoms with E-state index < -0.39 is 11.2 Å². The van der Waals surface area contributed by atoms with Gasteiger partial charge in [0.05, 0.1) is 0 Å². The standard InChI is InChI=1S/C22H36O4/c1-15(2)13-21(14-16(3)4)19(23)25-22(26-20(21)24,17-9-5-6-10-17)18-11-7-8-12-18/h15-18H,5-14H2,1-4H3. The Morgan fingerprint density at radius 1 is 0.769 bits per heavy atom. The lowest BCUT2D eigenvalue weighted by atomic mass is 9.72. The minimum Gasteiger partial charge on any atom is -0.421 e. The quantitative estimate of drug-likeness (QED) is 0.477. The summed E-state index contributed by atoms with van der Waals surface area (Å²) in [5, 5.41) is 0. The third-order valence-electron chi connectivity index (χ3n) is 6.65. The second kappa shape index (κ2) is 7.52. The number of hydrogen-bond donors (Lipinski definition) is 0. The molecule has 2 saturated carbocycles. The minimum absolute atomic E-state index is 0.176. The maximum absolute atomic E-state index is 13.4. The van der Waals surface area contributed by atoms with Gasteiger partial charge in [-0.2, -0.15) is 0 Å². The number of carbonyl (C=O) groups excluding carboxylic acids is 2. The molecule has 3 rings (SSSR count).